The number of phenols is 1. The molecule has 2 rings (SSSR count). The van der Waals surface area contributed by atoms with Gasteiger partial charge in [0.25, 0.3) is 5.91 Å². The number of hydrogen-bond acceptors (Lipinski definition) is 7. The molecule has 0 radical (unpaired) electrons. The van der Waals surface area contributed by atoms with Gasteiger partial charge < -0.3 is 36.2 Å². The van der Waals surface area contributed by atoms with Crippen molar-refractivity contribution in [1.29, 1.82) is 0 Å². The first-order valence-electron chi connectivity index (χ1n) is 10.3. The number of likely N-dealkylation sites (tertiary alicyclic amines) is 1. The number of benzene rings is 1. The van der Waals surface area contributed by atoms with E-state index in [1.807, 2.05) is 6.92 Å². The summed E-state index contributed by atoms with van der Waals surface area (Å²) in [6.45, 7) is 2.23. The van der Waals surface area contributed by atoms with E-state index in [1.54, 1.807) is 6.07 Å². The summed E-state index contributed by atoms with van der Waals surface area (Å²) in [6, 6.07) is 2.50. The van der Waals surface area contributed by atoms with E-state index in [2.05, 4.69) is 0 Å². The zero-order valence-electron chi connectivity index (χ0n) is 19.3. The number of carboxylic acid groups (broad SMARTS) is 2. The van der Waals surface area contributed by atoms with E-state index in [4.69, 9.17) is 53.8 Å². The van der Waals surface area contributed by atoms with E-state index < -0.39 is 49.0 Å². The molecule has 1 aliphatic heterocycles. The Morgan fingerprint density at radius 3 is 1.84 bits per heavy atom. The quantitative estimate of drug-likeness (QED) is 0.281. The lowest BCUT2D eigenvalue weighted by Crippen LogP contribution is -2.49. The van der Waals surface area contributed by atoms with Crippen molar-refractivity contribution in [3.8, 4) is 5.75 Å². The molecule has 10 nitrogen and oxygen atoms in total. The Morgan fingerprint density at radius 1 is 1.05 bits per heavy atom. The Hall–Kier alpha value is -2.53. The number of carbonyl (C=O) groups is 3. The monoisotopic (exact) mass is 604 g/mol. The number of hydrogen-bond donors (Lipinski definition) is 6. The van der Waals surface area contributed by atoms with Gasteiger partial charge >= 0.3 is 24.3 Å². The normalized spacial score (nSPS) is 19.2. The van der Waals surface area contributed by atoms with Gasteiger partial charge in [0.1, 0.15) is 5.75 Å². The number of aliphatic hydroxyl groups excluding tert-OH is 2. The highest BCUT2D eigenvalue weighted by molar-refractivity contribution is 6.42. The molecule has 4 atom stereocenters. The minimum absolute atomic E-state index is 0.00157. The highest BCUT2D eigenvalue weighted by atomic mass is 35.5. The molecule has 7 N–H and O–H groups in total. The fraction of sp³-hybridized carbons (Fsp3) is 0.550. The summed E-state index contributed by atoms with van der Waals surface area (Å²) < 4.78 is 63.5. The SMILES string of the molecule is C[C@@H]1CN(C(=O)C(O)CO)CC[C@@H]1C(N)c1cc(Cl)c(Cl)cc1O.O=C(O)C(F)(F)F.O=C(O)C(F)(F)F. The van der Waals surface area contributed by atoms with Crippen molar-refractivity contribution < 1.29 is 66.3 Å². The average molecular weight is 605 g/mol. The van der Waals surface area contributed by atoms with Gasteiger partial charge in [-0.3, -0.25) is 4.79 Å². The van der Waals surface area contributed by atoms with E-state index in [1.165, 1.54) is 11.0 Å². The van der Waals surface area contributed by atoms with Gasteiger partial charge in [-0.2, -0.15) is 26.3 Å². The first-order chi connectivity index (χ1) is 17.1. The van der Waals surface area contributed by atoms with Crippen LogP contribution in [-0.2, 0) is 14.4 Å². The minimum Gasteiger partial charge on any atom is -0.508 e. The number of alkyl halides is 6. The predicted octanol–water partition coefficient (Wildman–Crippen LogP) is 2.80. The van der Waals surface area contributed by atoms with Crippen molar-refractivity contribution in [3.05, 3.63) is 27.7 Å². The molecule has 38 heavy (non-hydrogen) atoms. The summed E-state index contributed by atoms with van der Waals surface area (Å²) in [7, 11) is 0. The summed E-state index contributed by atoms with van der Waals surface area (Å²) in [5.74, 6) is -5.91. The van der Waals surface area contributed by atoms with Crippen molar-refractivity contribution in [2.24, 2.45) is 17.6 Å². The lowest BCUT2D eigenvalue weighted by atomic mass is 9.79. The lowest BCUT2D eigenvalue weighted by molar-refractivity contribution is -0.193. The standard InChI is InChI=1S/C16H22Cl2N2O4.2C2HF3O2/c1-8-6-20(16(24)14(23)7-21)3-2-9(8)15(19)10-4-11(17)12(18)5-13(10)22;2*3-2(4,5)1(6)7/h4-5,8-9,14-15,21-23H,2-3,6-7,19H2,1H3;2*(H,6,7)/t8-,9+,14?,15?;;/m1../s1. The third-order valence-corrected chi connectivity index (χ3v) is 5.84. The smallest absolute Gasteiger partial charge is 0.490 e. The Kier molecular flexibility index (Phi) is 13.6. The predicted molar refractivity (Wildman–Crippen MR) is 119 cm³/mol. The van der Waals surface area contributed by atoms with E-state index in [-0.39, 0.29) is 22.6 Å². The highest BCUT2D eigenvalue weighted by Crippen LogP contribution is 2.39. The van der Waals surface area contributed by atoms with E-state index in [9.17, 15) is 41.4 Å². The van der Waals surface area contributed by atoms with Crippen LogP contribution in [0.3, 0.4) is 0 Å². The molecule has 18 heteroatoms. The number of nitrogens with zero attached hydrogens (tertiary/aromatic N) is 1. The number of aliphatic hydroxyl groups is 2. The van der Waals surface area contributed by atoms with Gasteiger partial charge in [-0.25, -0.2) is 9.59 Å². The number of amides is 1. The van der Waals surface area contributed by atoms with Crippen LogP contribution in [0.25, 0.3) is 0 Å². The fourth-order valence-electron chi connectivity index (χ4n) is 3.24. The molecule has 218 valence electrons. The molecule has 2 unspecified atom stereocenters. The van der Waals surface area contributed by atoms with Crippen LogP contribution in [0.1, 0.15) is 24.9 Å². The van der Waals surface area contributed by atoms with Crippen molar-refractivity contribution in [2.75, 3.05) is 19.7 Å². The Bertz CT molecular complexity index is 956. The number of rotatable bonds is 4. The van der Waals surface area contributed by atoms with Crippen LogP contribution in [0.2, 0.25) is 10.0 Å². The number of carbonyl (C=O) groups excluding carboxylic acids is 1. The molecule has 1 fully saturated rings. The van der Waals surface area contributed by atoms with E-state index >= 15 is 0 Å². The minimum atomic E-state index is -5.08. The summed E-state index contributed by atoms with van der Waals surface area (Å²) in [5, 5.41) is 43.3. The Morgan fingerprint density at radius 2 is 1.47 bits per heavy atom. The van der Waals surface area contributed by atoms with Gasteiger partial charge in [0.15, 0.2) is 6.10 Å². The van der Waals surface area contributed by atoms with Crippen LogP contribution in [-0.4, -0.2) is 86.4 Å². The number of aliphatic carboxylic acids is 2. The van der Waals surface area contributed by atoms with Crippen molar-refractivity contribution in [3.63, 3.8) is 0 Å². The van der Waals surface area contributed by atoms with E-state index in [0.29, 0.717) is 30.1 Å². The maximum absolute atomic E-state index is 12.0. The molecule has 0 aliphatic carbocycles. The number of nitrogens with two attached hydrogens (primary N) is 1. The molecule has 1 aromatic rings. The zero-order chi connectivity index (χ0) is 30.2. The van der Waals surface area contributed by atoms with Gasteiger partial charge in [-0.05, 0) is 24.3 Å². The van der Waals surface area contributed by atoms with Gasteiger partial charge in [0, 0.05) is 30.8 Å². The first kappa shape index (κ1) is 35.5. The molecule has 1 aliphatic rings. The Balaban J connectivity index is 0.000000804. The maximum Gasteiger partial charge on any atom is 0.490 e. The summed E-state index contributed by atoms with van der Waals surface area (Å²) in [6.07, 6.45) is -10.9. The molecule has 0 aromatic heterocycles. The molecule has 1 heterocycles. The van der Waals surface area contributed by atoms with Gasteiger partial charge in [0.05, 0.1) is 16.7 Å². The zero-order valence-corrected chi connectivity index (χ0v) is 20.8. The number of halogens is 8. The largest absolute Gasteiger partial charge is 0.508 e. The molecule has 0 saturated carbocycles. The van der Waals surface area contributed by atoms with Crippen LogP contribution in [0.4, 0.5) is 26.3 Å². The fourth-order valence-corrected chi connectivity index (χ4v) is 3.57. The lowest BCUT2D eigenvalue weighted by Gasteiger charge is -2.40. The highest BCUT2D eigenvalue weighted by Gasteiger charge is 2.39. The second kappa shape index (κ2) is 14.6. The number of phenolic OH excluding ortho intramolecular Hbond substituents is 1. The second-order valence-corrected chi connectivity index (χ2v) is 8.68. The van der Waals surface area contributed by atoms with Gasteiger partial charge in [-0.1, -0.05) is 30.1 Å². The Labute approximate surface area is 221 Å². The van der Waals surface area contributed by atoms with Crippen molar-refractivity contribution >= 4 is 41.0 Å². The second-order valence-electron chi connectivity index (χ2n) is 7.87. The van der Waals surface area contributed by atoms with Crippen LogP contribution < -0.4 is 5.73 Å². The molecule has 1 amide bonds. The molecule has 1 saturated heterocycles. The summed E-state index contributed by atoms with van der Waals surface area (Å²) in [4.78, 5) is 31.3. The third kappa shape index (κ3) is 11.1. The molecule has 0 spiro atoms. The van der Waals surface area contributed by atoms with Crippen LogP contribution in [0.15, 0.2) is 12.1 Å². The average Bonchev–Trinajstić information content (AvgIpc) is 2.79. The number of carboxylic acids is 2. The number of piperidine rings is 1. The van der Waals surface area contributed by atoms with Crippen LogP contribution in [0, 0.1) is 11.8 Å². The maximum atomic E-state index is 12.0. The molecule has 1 aromatic carbocycles. The van der Waals surface area contributed by atoms with Gasteiger partial charge in [-0.15, -0.1) is 0 Å². The number of aromatic hydroxyl groups is 1. The first-order valence-corrected chi connectivity index (χ1v) is 11.0. The third-order valence-electron chi connectivity index (χ3n) is 5.12. The van der Waals surface area contributed by atoms with Gasteiger partial charge in [0.2, 0.25) is 0 Å². The van der Waals surface area contributed by atoms with E-state index in [0.717, 1.165) is 0 Å². The van der Waals surface area contributed by atoms with Crippen molar-refractivity contribution in [2.45, 2.75) is 37.8 Å². The molecular formula is C20H24Cl2F6N2O8. The molecule has 0 bridgehead atoms. The van der Waals surface area contributed by atoms with Crippen LogP contribution >= 0.6 is 23.2 Å². The van der Waals surface area contributed by atoms with Crippen molar-refractivity contribution in [1.82, 2.24) is 4.90 Å². The summed E-state index contributed by atoms with van der Waals surface area (Å²) in [5.41, 5.74) is 6.86. The molecular weight excluding hydrogens is 581 g/mol. The summed E-state index contributed by atoms with van der Waals surface area (Å²) >= 11 is 11.9. The topological polar surface area (TPSA) is 182 Å². The van der Waals surface area contributed by atoms with Crippen LogP contribution in [0.5, 0.6) is 5.75 Å².